The fourth-order valence-corrected chi connectivity index (χ4v) is 4.65. The Balaban J connectivity index is 1.71. The number of nitriles is 1. The zero-order chi connectivity index (χ0) is 23.8. The number of benzene rings is 2. The number of hydrogen-bond acceptors (Lipinski definition) is 5. The standard InChI is InChI=1S/C27H30N2O4/c1-6-31-14-19(32-7-2)15-33-18-9-11-20-22(12-18)27(4,5)26-23(25(20)30)21-10-8-17(13-28)16(3)24(21)29-26/h8-12,19,29H,6-7,14-15H2,1-5H3. The fraction of sp³-hybridized carbons (Fsp3) is 0.407. The highest BCUT2D eigenvalue weighted by molar-refractivity contribution is 6.20. The number of aryl methyl sites for hydroxylation is 1. The Kier molecular flexibility index (Phi) is 6.29. The Morgan fingerprint density at radius 1 is 1.12 bits per heavy atom. The summed E-state index contributed by atoms with van der Waals surface area (Å²) in [6, 6.07) is 11.5. The molecule has 1 aliphatic rings. The molecule has 3 aromatic rings. The maximum Gasteiger partial charge on any atom is 0.195 e. The maximum atomic E-state index is 13.6. The van der Waals surface area contributed by atoms with Crippen molar-refractivity contribution in [2.75, 3.05) is 26.4 Å². The van der Waals surface area contributed by atoms with Crippen molar-refractivity contribution >= 4 is 16.7 Å². The van der Waals surface area contributed by atoms with E-state index in [-0.39, 0.29) is 11.9 Å². The van der Waals surface area contributed by atoms with E-state index in [9.17, 15) is 10.1 Å². The van der Waals surface area contributed by atoms with Crippen LogP contribution in [0.15, 0.2) is 30.3 Å². The molecule has 172 valence electrons. The van der Waals surface area contributed by atoms with Crippen LogP contribution in [0.5, 0.6) is 5.75 Å². The topological polar surface area (TPSA) is 84.3 Å². The highest BCUT2D eigenvalue weighted by Crippen LogP contribution is 2.45. The van der Waals surface area contributed by atoms with Gasteiger partial charge in [0.05, 0.1) is 29.3 Å². The second-order valence-electron chi connectivity index (χ2n) is 8.86. The third-order valence-corrected chi connectivity index (χ3v) is 6.46. The van der Waals surface area contributed by atoms with Crippen LogP contribution in [0.2, 0.25) is 0 Å². The Morgan fingerprint density at radius 3 is 2.61 bits per heavy atom. The molecule has 1 heterocycles. The van der Waals surface area contributed by atoms with Gasteiger partial charge in [-0.05, 0) is 56.2 Å². The minimum absolute atomic E-state index is 0.00947. The van der Waals surface area contributed by atoms with Gasteiger partial charge in [-0.3, -0.25) is 4.79 Å². The summed E-state index contributed by atoms with van der Waals surface area (Å²) in [5.74, 6) is 0.683. The van der Waals surface area contributed by atoms with Crippen molar-refractivity contribution in [2.24, 2.45) is 0 Å². The summed E-state index contributed by atoms with van der Waals surface area (Å²) in [4.78, 5) is 17.0. The molecule has 1 N–H and O–H groups in total. The monoisotopic (exact) mass is 446 g/mol. The average molecular weight is 447 g/mol. The van der Waals surface area contributed by atoms with Crippen LogP contribution in [0.4, 0.5) is 0 Å². The van der Waals surface area contributed by atoms with Crippen LogP contribution in [-0.2, 0) is 14.9 Å². The summed E-state index contributed by atoms with van der Waals surface area (Å²) in [6.07, 6.45) is -0.154. The molecule has 0 saturated carbocycles. The fourth-order valence-electron chi connectivity index (χ4n) is 4.65. The molecule has 33 heavy (non-hydrogen) atoms. The van der Waals surface area contributed by atoms with Gasteiger partial charge < -0.3 is 19.2 Å². The number of nitrogens with zero attached hydrogens (tertiary/aromatic N) is 1. The molecule has 0 bridgehead atoms. The molecule has 1 atom stereocenters. The maximum absolute atomic E-state index is 13.6. The number of fused-ring (bicyclic) bond motifs is 4. The summed E-state index contributed by atoms with van der Waals surface area (Å²) < 4.78 is 17.3. The highest BCUT2D eigenvalue weighted by atomic mass is 16.6. The lowest BCUT2D eigenvalue weighted by Gasteiger charge is -2.32. The van der Waals surface area contributed by atoms with Crippen LogP contribution in [0.3, 0.4) is 0 Å². The lowest BCUT2D eigenvalue weighted by molar-refractivity contribution is -0.0302. The predicted molar refractivity (Wildman–Crippen MR) is 127 cm³/mol. The number of ether oxygens (including phenoxy) is 3. The molecule has 1 unspecified atom stereocenters. The first-order valence-corrected chi connectivity index (χ1v) is 11.4. The first kappa shape index (κ1) is 23.0. The molecule has 1 aromatic heterocycles. The molecule has 0 amide bonds. The Labute approximate surface area is 194 Å². The number of ketones is 1. The molecule has 6 heteroatoms. The molecule has 0 aliphatic heterocycles. The van der Waals surface area contributed by atoms with Crippen molar-refractivity contribution < 1.29 is 19.0 Å². The number of rotatable bonds is 8. The molecule has 6 nitrogen and oxygen atoms in total. The first-order chi connectivity index (χ1) is 15.8. The second-order valence-corrected chi connectivity index (χ2v) is 8.86. The van der Waals surface area contributed by atoms with E-state index in [1.54, 1.807) is 6.07 Å². The molecular weight excluding hydrogens is 416 g/mol. The molecular formula is C27H30N2O4. The van der Waals surface area contributed by atoms with Crippen molar-refractivity contribution in [3.05, 3.63) is 63.8 Å². The van der Waals surface area contributed by atoms with E-state index < -0.39 is 5.41 Å². The predicted octanol–water partition coefficient (Wildman–Crippen LogP) is 5.04. The van der Waals surface area contributed by atoms with Crippen LogP contribution in [-0.4, -0.2) is 43.3 Å². The van der Waals surface area contributed by atoms with Crippen LogP contribution in [0, 0.1) is 18.3 Å². The third kappa shape index (κ3) is 3.92. The normalized spacial score (nSPS) is 15.1. The van der Waals surface area contributed by atoms with E-state index >= 15 is 0 Å². The third-order valence-electron chi connectivity index (χ3n) is 6.46. The van der Waals surface area contributed by atoms with E-state index in [0.717, 1.165) is 27.7 Å². The van der Waals surface area contributed by atoms with Gasteiger partial charge in [0, 0.05) is 35.3 Å². The van der Waals surface area contributed by atoms with Gasteiger partial charge in [0.25, 0.3) is 0 Å². The molecule has 0 saturated heterocycles. The zero-order valence-electron chi connectivity index (χ0n) is 19.9. The van der Waals surface area contributed by atoms with Gasteiger partial charge in [-0.2, -0.15) is 5.26 Å². The number of hydrogen-bond donors (Lipinski definition) is 1. The Morgan fingerprint density at radius 2 is 1.91 bits per heavy atom. The van der Waals surface area contributed by atoms with Crippen LogP contribution < -0.4 is 4.74 Å². The number of aromatic amines is 1. The van der Waals surface area contributed by atoms with Gasteiger partial charge in [0.1, 0.15) is 18.5 Å². The average Bonchev–Trinajstić information content (AvgIpc) is 3.21. The number of nitrogens with one attached hydrogen (secondary N) is 1. The van der Waals surface area contributed by atoms with Crippen LogP contribution in [0.1, 0.15) is 66.0 Å². The van der Waals surface area contributed by atoms with Gasteiger partial charge in [0.2, 0.25) is 0 Å². The van der Waals surface area contributed by atoms with Gasteiger partial charge in [0.15, 0.2) is 5.78 Å². The minimum Gasteiger partial charge on any atom is -0.491 e. The Bertz CT molecular complexity index is 1250. The highest BCUT2D eigenvalue weighted by Gasteiger charge is 2.40. The van der Waals surface area contributed by atoms with Gasteiger partial charge >= 0.3 is 0 Å². The smallest absolute Gasteiger partial charge is 0.195 e. The number of aromatic nitrogens is 1. The van der Waals surface area contributed by atoms with E-state index in [0.29, 0.717) is 48.9 Å². The lowest BCUT2D eigenvalue weighted by Crippen LogP contribution is -2.30. The molecule has 4 rings (SSSR count). The van der Waals surface area contributed by atoms with Crippen LogP contribution in [0.25, 0.3) is 10.9 Å². The van der Waals surface area contributed by atoms with E-state index in [1.807, 2.05) is 45.0 Å². The molecule has 0 spiro atoms. The van der Waals surface area contributed by atoms with Crippen molar-refractivity contribution in [3.8, 4) is 11.8 Å². The lowest BCUT2D eigenvalue weighted by atomic mass is 9.71. The summed E-state index contributed by atoms with van der Waals surface area (Å²) in [6.45, 7) is 12.1. The van der Waals surface area contributed by atoms with Crippen molar-refractivity contribution in [3.63, 3.8) is 0 Å². The largest absolute Gasteiger partial charge is 0.491 e. The SMILES string of the molecule is CCOCC(COc1ccc2c(c1)C(C)(C)c1[nH]c3c(C)c(C#N)ccc3c1C2=O)OCC. The number of H-pyrrole nitrogens is 1. The molecule has 2 aromatic carbocycles. The summed E-state index contributed by atoms with van der Waals surface area (Å²) in [5.41, 5.74) is 5.03. The van der Waals surface area contributed by atoms with Gasteiger partial charge in [-0.25, -0.2) is 0 Å². The second kappa shape index (κ2) is 9.01. The first-order valence-electron chi connectivity index (χ1n) is 11.4. The summed E-state index contributed by atoms with van der Waals surface area (Å²) in [7, 11) is 0. The molecule has 0 radical (unpaired) electrons. The number of carbonyl (C=O) groups is 1. The molecule has 0 fully saturated rings. The summed E-state index contributed by atoms with van der Waals surface area (Å²) >= 11 is 0. The Hall–Kier alpha value is -3.14. The molecule has 1 aliphatic carbocycles. The van der Waals surface area contributed by atoms with E-state index in [1.165, 1.54) is 0 Å². The van der Waals surface area contributed by atoms with Crippen molar-refractivity contribution in [2.45, 2.75) is 46.1 Å². The quantitative estimate of drug-likeness (QED) is 0.524. The van der Waals surface area contributed by atoms with E-state index in [4.69, 9.17) is 14.2 Å². The van der Waals surface area contributed by atoms with E-state index in [2.05, 4.69) is 24.9 Å². The summed E-state index contributed by atoms with van der Waals surface area (Å²) in [5, 5.41) is 10.3. The number of carbonyl (C=O) groups excluding carboxylic acids is 1. The zero-order valence-corrected chi connectivity index (χ0v) is 19.9. The minimum atomic E-state index is -0.444. The van der Waals surface area contributed by atoms with Gasteiger partial charge in [-0.15, -0.1) is 0 Å². The van der Waals surface area contributed by atoms with Gasteiger partial charge in [-0.1, -0.05) is 19.9 Å². The van der Waals surface area contributed by atoms with Crippen LogP contribution >= 0.6 is 0 Å². The van der Waals surface area contributed by atoms with Crippen molar-refractivity contribution in [1.29, 1.82) is 5.26 Å². The van der Waals surface area contributed by atoms with Crippen molar-refractivity contribution in [1.82, 2.24) is 4.98 Å².